The first-order valence-corrected chi connectivity index (χ1v) is 42.0. The molecule has 2 aromatic carbocycles. The number of hydrogen-bond donors (Lipinski definition) is 12. The maximum Gasteiger partial charge on any atom is 0.291 e. The van der Waals surface area contributed by atoms with Gasteiger partial charge >= 0.3 is 0 Å². The molecule has 0 fully saturated rings. The summed E-state index contributed by atoms with van der Waals surface area (Å²) in [5.74, 6) is -3.49. The normalized spacial score (nSPS) is 12.4. The lowest BCUT2D eigenvalue weighted by Gasteiger charge is -2.24. The Bertz CT molecular complexity index is 5390. The number of amides is 10. The average Bonchev–Trinajstić information content (AvgIpc) is 1.60. The van der Waals surface area contributed by atoms with E-state index in [1.54, 1.807) is 137 Å². The highest BCUT2D eigenvalue weighted by molar-refractivity contribution is 7.17. The molecule has 1 aliphatic rings. The fourth-order valence-corrected chi connectivity index (χ4v) is 14.6. The highest BCUT2D eigenvalue weighted by Gasteiger charge is 2.36. The third kappa shape index (κ3) is 27.5. The number of nitrogens with one attached hydrogen (secondary N) is 12. The van der Waals surface area contributed by atoms with Crippen molar-refractivity contribution in [3.63, 3.8) is 0 Å². The molecule has 10 amide bonds. The number of aromatic nitrogens is 8. The Balaban J connectivity index is 0.500. The van der Waals surface area contributed by atoms with Crippen molar-refractivity contribution in [1.82, 2.24) is 63.5 Å². The largest absolute Gasteiger partial charge is 0.491 e. The minimum Gasteiger partial charge on any atom is -0.491 e. The summed E-state index contributed by atoms with van der Waals surface area (Å²) < 4.78 is 42.9. The van der Waals surface area contributed by atoms with E-state index in [2.05, 4.69) is 68.0 Å². The summed E-state index contributed by atoms with van der Waals surface area (Å²) in [5, 5.41) is 46.8. The molecule has 0 radical (unpaired) electrons. The van der Waals surface area contributed by atoms with Crippen LogP contribution in [0.1, 0.15) is 130 Å². The summed E-state index contributed by atoms with van der Waals surface area (Å²) in [6.07, 6.45) is 12.1. The molecule has 39 nitrogen and oxygen atoms in total. The predicted octanol–water partition coefficient (Wildman–Crippen LogP) is 7.25. The van der Waals surface area contributed by atoms with Crippen LogP contribution in [0.4, 0.5) is 39.3 Å². The van der Waals surface area contributed by atoms with Gasteiger partial charge in [-0.15, -0.1) is 11.3 Å². The maximum atomic E-state index is 13.5. The van der Waals surface area contributed by atoms with Crippen LogP contribution in [-0.2, 0) is 85.1 Å². The number of aliphatic imine (C=N–C) groups is 1. The zero-order valence-corrected chi connectivity index (χ0v) is 73.6. The van der Waals surface area contributed by atoms with Crippen molar-refractivity contribution in [2.45, 2.75) is 65.3 Å². The summed E-state index contributed by atoms with van der Waals surface area (Å²) >= 11 is 7.72. The molecule has 0 spiro atoms. The second kappa shape index (κ2) is 46.7. The minimum absolute atomic E-state index is 0.0426. The molecule has 41 heteroatoms. The topological polar surface area (TPSA) is 468 Å². The lowest BCUT2D eigenvalue weighted by molar-refractivity contribution is -0.122. The van der Waals surface area contributed by atoms with E-state index in [1.165, 1.54) is 60.2 Å². The fraction of sp³-hybridized carbons (Fsp3) is 0.400. The number of hydrogen-bond acceptors (Lipinski definition) is 23. The van der Waals surface area contributed by atoms with Crippen molar-refractivity contribution in [3.05, 3.63) is 177 Å². The van der Waals surface area contributed by atoms with Crippen LogP contribution in [0, 0.1) is 24.7 Å². The highest BCUT2D eigenvalue weighted by Crippen LogP contribution is 2.41. The van der Waals surface area contributed by atoms with Crippen LogP contribution in [-0.4, -0.2) is 244 Å². The maximum absolute atomic E-state index is 13.5. The van der Waals surface area contributed by atoms with E-state index in [0.717, 1.165) is 39.5 Å². The number of aryl methyl sites for hydroxylation is 7. The second-order valence-electron chi connectivity index (χ2n) is 29.6. The summed E-state index contributed by atoms with van der Waals surface area (Å²) in [7, 11) is 11.8. The minimum atomic E-state index is -0.863. The molecule has 7 aromatic heterocycles. The molecule has 1 aliphatic heterocycles. The van der Waals surface area contributed by atoms with Crippen molar-refractivity contribution in [1.29, 1.82) is 10.8 Å². The van der Waals surface area contributed by atoms with E-state index in [9.17, 15) is 53.4 Å². The number of ether oxygens (including phenoxy) is 6. The van der Waals surface area contributed by atoms with Crippen LogP contribution in [0.3, 0.4) is 0 Å². The predicted molar refractivity (Wildman–Crippen MR) is 477 cm³/mol. The summed E-state index contributed by atoms with van der Waals surface area (Å²) in [5.41, 5.74) is 5.90. The molecule has 0 unspecified atom stereocenters. The summed E-state index contributed by atoms with van der Waals surface area (Å²) in [4.78, 5) is 149. The number of carbonyl (C=O) groups excluding carboxylic acids is 10. The van der Waals surface area contributed by atoms with Gasteiger partial charge in [0.25, 0.3) is 35.4 Å². The van der Waals surface area contributed by atoms with Crippen molar-refractivity contribution in [2.24, 2.45) is 47.3 Å². The molecule has 0 saturated carbocycles. The van der Waals surface area contributed by atoms with Crippen molar-refractivity contribution in [2.75, 3.05) is 156 Å². The number of thiophene rings is 1. The van der Waals surface area contributed by atoms with Crippen LogP contribution in [0.15, 0.2) is 121 Å². The van der Waals surface area contributed by atoms with Gasteiger partial charge in [-0.05, 0) is 120 Å². The monoisotopic (exact) mass is 1770 g/mol. The molecule has 126 heavy (non-hydrogen) atoms. The Morgan fingerprint density at radius 3 is 1.60 bits per heavy atom. The SMILES string of the molecule is CC(=N)N1C(=N)[C@H](CC(=O)Nc2ccc(OCCOCCOCCOCCOCCOCCC(=O)NCCCN(C)CCCNC(=O)c3cc(NC(=O)c4cc(NC(=O)CCNC(=O)c5c(NC(=O)c6nc(NC(=O)CCNC(=O)c7cc(NC(=O)c8nccn8C)cn7C)cn6C)ccn5C)cn4C)cn3C)cc2)N=C(c2ccc(Cl)cc2)c2c1sc(C)c2C. The van der Waals surface area contributed by atoms with E-state index in [4.69, 9.17) is 50.4 Å². The lowest BCUT2D eigenvalue weighted by atomic mass is 9.99. The van der Waals surface area contributed by atoms with E-state index in [0.29, 0.717) is 137 Å². The van der Waals surface area contributed by atoms with Crippen LogP contribution in [0.5, 0.6) is 5.75 Å². The first kappa shape index (κ1) is 95.3. The number of amidine groups is 2. The molecule has 0 bridgehead atoms. The second-order valence-corrected chi connectivity index (χ2v) is 31.2. The number of anilines is 7. The highest BCUT2D eigenvalue weighted by atomic mass is 35.5. The number of halogens is 1. The number of imidazole rings is 2. The average molecular weight is 1780 g/mol. The van der Waals surface area contributed by atoms with Gasteiger partial charge in [-0.25, -0.2) is 9.97 Å². The number of benzene rings is 2. The van der Waals surface area contributed by atoms with Gasteiger partial charge < -0.3 is 114 Å². The van der Waals surface area contributed by atoms with E-state index >= 15 is 0 Å². The van der Waals surface area contributed by atoms with Crippen LogP contribution >= 0.6 is 22.9 Å². The third-order valence-corrected chi connectivity index (χ3v) is 21.3. The van der Waals surface area contributed by atoms with Gasteiger partial charge in [0, 0.05) is 158 Å². The first-order valence-electron chi connectivity index (χ1n) is 40.8. The fourth-order valence-electron chi connectivity index (χ4n) is 13.2. The Kier molecular flexibility index (Phi) is 35.3. The van der Waals surface area contributed by atoms with Gasteiger partial charge in [-0.1, -0.05) is 23.7 Å². The Labute approximate surface area is 737 Å². The van der Waals surface area contributed by atoms with Crippen molar-refractivity contribution >= 4 is 139 Å². The van der Waals surface area contributed by atoms with Crippen LogP contribution < -0.4 is 62.8 Å². The molecular formula is C85H108ClN23O16S. The first-order chi connectivity index (χ1) is 60.5. The van der Waals surface area contributed by atoms with Crippen molar-refractivity contribution in [3.8, 4) is 5.75 Å². The van der Waals surface area contributed by atoms with E-state index in [1.807, 2.05) is 33.0 Å². The van der Waals surface area contributed by atoms with Gasteiger partial charge in [0.05, 0.1) is 101 Å². The standard InChI is InChI=1S/C85H108ClN23O16S/c1-53-54(2)126-85-73(53)74(56-13-15-57(86)16-14-56)98-64(76(88)109(85)55(3)87)48-72(113)94-58-17-19-62(20-18-58)125-44-43-124-42-41-123-40-39-122-38-37-121-36-35-120-34-24-69(110)89-25-11-30-102(4)31-12-26-91-79(114)65-46-60(50-105(65)7)96-81(116)67-45-59(49-107(67)9)95-70(111)21-28-93-82(117)75-63(23-32-103(75)5)99-84(119)78-101-68(52-108(78)10)100-71(112)22-27-92-80(115)66-47-61(51-106(66)8)97-83(118)77-90-29-33-104(77)6/h13-20,23,29,32-33,45-47,49-52,64,87-88H,11-12,21-22,24-28,30-31,34-44,48H2,1-10H3,(H,89,110)(H,91,114)(H,92,115)(H,93,117)(H,94,113)(H,95,111)(H,96,116)(H,97,118)(H,99,119)(H,100,112)/t64-/m0/s1. The summed E-state index contributed by atoms with van der Waals surface area (Å²) in [6.45, 7) is 11.7. The smallest absolute Gasteiger partial charge is 0.291 e. The molecule has 0 aliphatic carbocycles. The van der Waals surface area contributed by atoms with Gasteiger partial charge in [0.15, 0.2) is 11.6 Å². The molecule has 8 heterocycles. The molecular weight excluding hydrogens is 1670 g/mol. The number of rotatable bonds is 48. The van der Waals surface area contributed by atoms with E-state index in [-0.39, 0.29) is 115 Å². The number of fused-ring (bicyclic) bond motifs is 1. The Morgan fingerprint density at radius 1 is 0.508 bits per heavy atom. The Hall–Kier alpha value is -13.0. The zero-order chi connectivity index (χ0) is 90.5. The number of carbonyl (C=O) groups is 10. The quantitative estimate of drug-likeness (QED) is 0.0101. The Morgan fingerprint density at radius 2 is 1.02 bits per heavy atom. The third-order valence-electron chi connectivity index (χ3n) is 19.8. The molecule has 672 valence electrons. The van der Waals surface area contributed by atoms with Gasteiger partial charge in [0.1, 0.15) is 57.8 Å². The van der Waals surface area contributed by atoms with E-state index < -0.39 is 47.4 Å². The molecule has 1 atom stereocenters. The van der Waals surface area contributed by atoms with Gasteiger partial charge in [0.2, 0.25) is 29.5 Å². The zero-order valence-electron chi connectivity index (χ0n) is 72.0. The molecule has 12 N–H and O–H groups in total. The van der Waals surface area contributed by atoms with Crippen LogP contribution in [0.25, 0.3) is 0 Å². The van der Waals surface area contributed by atoms with Crippen LogP contribution in [0.2, 0.25) is 5.02 Å². The molecule has 9 aromatic rings. The molecule has 10 rings (SSSR count). The van der Waals surface area contributed by atoms with Crippen molar-refractivity contribution < 1.29 is 76.4 Å². The van der Waals surface area contributed by atoms with Gasteiger partial charge in [-0.3, -0.25) is 68.7 Å². The van der Waals surface area contributed by atoms with Gasteiger partial charge in [-0.2, -0.15) is 0 Å². The number of nitrogens with zero attached hydrogens (tertiary/aromatic N) is 11. The lowest BCUT2D eigenvalue weighted by Crippen LogP contribution is -2.41. The summed E-state index contributed by atoms with van der Waals surface area (Å²) in [6, 6.07) is 19.5. The molecule has 0 saturated heterocycles.